The van der Waals surface area contributed by atoms with Gasteiger partial charge in [-0.15, -0.1) is 0 Å². The van der Waals surface area contributed by atoms with E-state index in [0.717, 1.165) is 55.6 Å². The lowest BCUT2D eigenvalue weighted by Gasteiger charge is -2.32. The minimum Gasteiger partial charge on any atom is -0.396 e. The first-order chi connectivity index (χ1) is 12.7. The number of benzene rings is 1. The average molecular weight is 378 g/mol. The molecule has 1 unspecified atom stereocenters. The Morgan fingerprint density at radius 1 is 1.35 bits per heavy atom. The number of aliphatic hydroxyl groups is 1. The molecule has 1 aliphatic carbocycles. The number of halogens is 1. The summed E-state index contributed by atoms with van der Waals surface area (Å²) in [4.78, 5) is 14.8. The summed E-state index contributed by atoms with van der Waals surface area (Å²) >= 11 is 6.10. The van der Waals surface area contributed by atoms with Gasteiger partial charge in [-0.05, 0) is 56.2 Å². The number of hydrogen-bond acceptors (Lipinski definition) is 5. The van der Waals surface area contributed by atoms with Crippen molar-refractivity contribution >= 4 is 34.3 Å². The van der Waals surface area contributed by atoms with Crippen molar-refractivity contribution in [3.63, 3.8) is 0 Å². The Bertz CT molecular complexity index is 781. The molecule has 1 aromatic carbocycles. The van der Waals surface area contributed by atoms with Crippen LogP contribution in [0.2, 0.25) is 5.02 Å². The molecule has 2 aromatic rings. The van der Waals surface area contributed by atoms with E-state index in [9.17, 15) is 9.90 Å². The molecule has 140 valence electrons. The highest BCUT2D eigenvalue weighted by atomic mass is 35.5. The number of aromatic nitrogens is 1. The first-order valence-corrected chi connectivity index (χ1v) is 9.74. The van der Waals surface area contributed by atoms with Crippen LogP contribution >= 0.6 is 11.6 Å². The maximum Gasteiger partial charge on any atom is 0.223 e. The summed E-state index contributed by atoms with van der Waals surface area (Å²) < 4.78 is 5.39. The van der Waals surface area contributed by atoms with Crippen LogP contribution in [0, 0.1) is 11.8 Å². The highest BCUT2D eigenvalue weighted by Gasteiger charge is 2.34. The Hall–Kier alpha value is -1.79. The predicted octanol–water partition coefficient (Wildman–Crippen LogP) is 2.97. The van der Waals surface area contributed by atoms with Crippen molar-refractivity contribution in [3.8, 4) is 0 Å². The molecular weight excluding hydrogens is 354 g/mol. The van der Waals surface area contributed by atoms with E-state index in [2.05, 4.69) is 15.4 Å². The van der Waals surface area contributed by atoms with Crippen LogP contribution in [0.5, 0.6) is 0 Å². The topological polar surface area (TPSA) is 78.6 Å². The zero-order valence-electron chi connectivity index (χ0n) is 14.7. The standard InChI is InChI=1S/C19H24ClN3O3/c20-14-3-4-17-15(11-14)18(22-26-17)23-8-5-13(6-9-23)19(25)21-16(7-10-24)12-1-2-12/h3-4,11-13,16,24H,1-2,5-10H2,(H,21,25). The van der Waals surface area contributed by atoms with Gasteiger partial charge in [-0.1, -0.05) is 16.8 Å². The van der Waals surface area contributed by atoms with Crippen LogP contribution in [-0.4, -0.2) is 41.9 Å². The lowest BCUT2D eigenvalue weighted by molar-refractivity contribution is -0.126. The number of piperidine rings is 1. The Labute approximate surface area is 157 Å². The van der Waals surface area contributed by atoms with Gasteiger partial charge in [-0.3, -0.25) is 4.79 Å². The number of carbonyl (C=O) groups excluding carboxylic acids is 1. The normalized spacial score (nSPS) is 19.7. The number of amides is 1. The van der Waals surface area contributed by atoms with Crippen LogP contribution in [0.4, 0.5) is 5.82 Å². The molecular formula is C19H24ClN3O3. The van der Waals surface area contributed by atoms with Gasteiger partial charge < -0.3 is 19.8 Å². The Kier molecular flexibility index (Phi) is 5.05. The second-order valence-corrected chi connectivity index (χ2v) is 7.81. The molecule has 2 heterocycles. The third kappa shape index (κ3) is 3.67. The van der Waals surface area contributed by atoms with Gasteiger partial charge in [0.1, 0.15) is 0 Å². The van der Waals surface area contributed by atoms with Gasteiger partial charge in [0, 0.05) is 36.7 Å². The summed E-state index contributed by atoms with van der Waals surface area (Å²) in [5.41, 5.74) is 0.723. The molecule has 1 amide bonds. The van der Waals surface area contributed by atoms with E-state index >= 15 is 0 Å². The molecule has 1 saturated heterocycles. The smallest absolute Gasteiger partial charge is 0.223 e. The molecule has 7 heteroatoms. The molecule has 1 atom stereocenters. The first kappa shape index (κ1) is 17.6. The number of rotatable bonds is 6. The van der Waals surface area contributed by atoms with E-state index in [1.807, 2.05) is 12.1 Å². The van der Waals surface area contributed by atoms with Crippen LogP contribution in [0.3, 0.4) is 0 Å². The number of nitrogens with one attached hydrogen (secondary N) is 1. The highest BCUT2D eigenvalue weighted by molar-refractivity contribution is 6.31. The highest BCUT2D eigenvalue weighted by Crippen LogP contribution is 2.35. The van der Waals surface area contributed by atoms with Crippen molar-refractivity contribution in [3.05, 3.63) is 23.2 Å². The van der Waals surface area contributed by atoms with Crippen molar-refractivity contribution in [2.75, 3.05) is 24.6 Å². The molecule has 2 N–H and O–H groups in total. The summed E-state index contributed by atoms with van der Waals surface area (Å²) in [5.74, 6) is 1.51. The molecule has 0 radical (unpaired) electrons. The number of hydrogen-bond donors (Lipinski definition) is 2. The Morgan fingerprint density at radius 3 is 2.81 bits per heavy atom. The van der Waals surface area contributed by atoms with E-state index in [1.165, 1.54) is 0 Å². The fraction of sp³-hybridized carbons (Fsp3) is 0.579. The monoisotopic (exact) mass is 377 g/mol. The Balaban J connectivity index is 1.37. The fourth-order valence-corrected chi connectivity index (χ4v) is 4.02. The molecule has 6 nitrogen and oxygen atoms in total. The SMILES string of the molecule is O=C(NC(CCO)C1CC1)C1CCN(c2noc3ccc(Cl)cc23)CC1. The van der Waals surface area contributed by atoms with Crippen LogP contribution in [0.25, 0.3) is 11.0 Å². The zero-order chi connectivity index (χ0) is 18.1. The Morgan fingerprint density at radius 2 is 2.12 bits per heavy atom. The van der Waals surface area contributed by atoms with Crippen molar-refractivity contribution in [1.82, 2.24) is 10.5 Å². The van der Waals surface area contributed by atoms with Gasteiger partial charge >= 0.3 is 0 Å². The lowest BCUT2D eigenvalue weighted by atomic mass is 9.95. The number of anilines is 1. The average Bonchev–Trinajstić information content (AvgIpc) is 3.41. The molecule has 1 saturated carbocycles. The van der Waals surface area contributed by atoms with Crippen LogP contribution in [-0.2, 0) is 4.79 Å². The molecule has 2 fully saturated rings. The van der Waals surface area contributed by atoms with E-state index in [-0.39, 0.29) is 24.5 Å². The molecule has 0 bridgehead atoms. The summed E-state index contributed by atoms with van der Waals surface area (Å²) in [6.07, 6.45) is 4.55. The number of carbonyl (C=O) groups is 1. The van der Waals surface area contributed by atoms with E-state index < -0.39 is 0 Å². The van der Waals surface area contributed by atoms with Gasteiger partial charge in [-0.25, -0.2) is 0 Å². The quantitative estimate of drug-likeness (QED) is 0.809. The summed E-state index contributed by atoms with van der Waals surface area (Å²) in [5, 5.41) is 18.1. The minimum absolute atomic E-state index is 0.0212. The van der Waals surface area contributed by atoms with E-state index in [1.54, 1.807) is 6.07 Å². The maximum absolute atomic E-state index is 12.6. The van der Waals surface area contributed by atoms with Gasteiger partial charge in [-0.2, -0.15) is 0 Å². The number of aliphatic hydroxyl groups excluding tert-OH is 1. The fourth-order valence-electron chi connectivity index (χ4n) is 3.84. The van der Waals surface area contributed by atoms with Crippen molar-refractivity contribution < 1.29 is 14.4 Å². The molecule has 26 heavy (non-hydrogen) atoms. The molecule has 1 aliphatic heterocycles. The summed E-state index contributed by atoms with van der Waals surface area (Å²) in [6.45, 7) is 1.66. The molecule has 0 spiro atoms. The van der Waals surface area contributed by atoms with E-state index in [4.69, 9.17) is 16.1 Å². The molecule has 4 rings (SSSR count). The van der Waals surface area contributed by atoms with Crippen molar-refractivity contribution in [2.45, 2.75) is 38.1 Å². The van der Waals surface area contributed by atoms with Gasteiger partial charge in [0.05, 0.1) is 5.39 Å². The molecule has 1 aromatic heterocycles. The maximum atomic E-state index is 12.6. The third-order valence-electron chi connectivity index (χ3n) is 5.54. The van der Waals surface area contributed by atoms with Gasteiger partial charge in [0.2, 0.25) is 5.91 Å². The number of nitrogens with zero attached hydrogens (tertiary/aromatic N) is 2. The van der Waals surface area contributed by atoms with E-state index in [0.29, 0.717) is 17.4 Å². The van der Waals surface area contributed by atoms with Gasteiger partial charge in [0.15, 0.2) is 11.4 Å². The van der Waals surface area contributed by atoms with Crippen molar-refractivity contribution in [1.29, 1.82) is 0 Å². The van der Waals surface area contributed by atoms with Crippen LogP contribution in [0.15, 0.2) is 22.7 Å². The van der Waals surface area contributed by atoms with Crippen LogP contribution < -0.4 is 10.2 Å². The zero-order valence-corrected chi connectivity index (χ0v) is 15.4. The second kappa shape index (κ2) is 7.45. The third-order valence-corrected chi connectivity index (χ3v) is 5.77. The first-order valence-electron chi connectivity index (χ1n) is 9.37. The predicted molar refractivity (Wildman–Crippen MR) is 100 cm³/mol. The van der Waals surface area contributed by atoms with Crippen LogP contribution in [0.1, 0.15) is 32.1 Å². The number of fused-ring (bicyclic) bond motifs is 1. The summed E-state index contributed by atoms with van der Waals surface area (Å²) in [7, 11) is 0. The lowest BCUT2D eigenvalue weighted by Crippen LogP contribution is -2.45. The molecule has 2 aliphatic rings. The van der Waals surface area contributed by atoms with Gasteiger partial charge in [0.25, 0.3) is 0 Å². The minimum atomic E-state index is 0.0212. The largest absolute Gasteiger partial charge is 0.396 e. The second-order valence-electron chi connectivity index (χ2n) is 7.37. The summed E-state index contributed by atoms with van der Waals surface area (Å²) in [6, 6.07) is 5.62. The van der Waals surface area contributed by atoms with Crippen molar-refractivity contribution in [2.24, 2.45) is 11.8 Å².